The van der Waals surface area contributed by atoms with Gasteiger partial charge in [0, 0.05) is 11.0 Å². The molecule has 1 aromatic rings. The monoisotopic (exact) mass is 294 g/mol. The molecule has 21 heavy (non-hydrogen) atoms. The number of aliphatic hydroxyl groups excluding tert-OH is 1. The normalized spacial score (nSPS) is 14.0. The Morgan fingerprint density at radius 2 is 1.71 bits per heavy atom. The molecule has 0 amide bonds. The lowest BCUT2D eigenvalue weighted by Gasteiger charge is -2.40. The number of rotatable bonds is 8. The summed E-state index contributed by atoms with van der Waals surface area (Å²) in [6.07, 6.45) is 0.525. The Labute approximate surface area is 129 Å². The number of para-hydroxylation sites is 1. The molecule has 1 N–H and O–H groups in total. The second-order valence-electron chi connectivity index (χ2n) is 7.04. The zero-order valence-corrected chi connectivity index (χ0v) is 14.3. The first-order chi connectivity index (χ1) is 9.74. The van der Waals surface area contributed by atoms with Gasteiger partial charge in [-0.25, -0.2) is 0 Å². The van der Waals surface area contributed by atoms with E-state index in [0.29, 0.717) is 13.2 Å². The highest BCUT2D eigenvalue weighted by atomic mass is 16.5. The van der Waals surface area contributed by atoms with Gasteiger partial charge < -0.3 is 14.6 Å². The minimum absolute atomic E-state index is 0.114. The summed E-state index contributed by atoms with van der Waals surface area (Å²) in [6.45, 7) is 11.4. The van der Waals surface area contributed by atoms with E-state index in [1.54, 1.807) is 7.11 Å². The van der Waals surface area contributed by atoms with Crippen LogP contribution in [-0.2, 0) is 11.3 Å². The molecule has 0 saturated carbocycles. The van der Waals surface area contributed by atoms with Gasteiger partial charge in [0.2, 0.25) is 0 Å². The van der Waals surface area contributed by atoms with Gasteiger partial charge in [0.1, 0.15) is 5.75 Å². The highest BCUT2D eigenvalue weighted by molar-refractivity contribution is 5.32. The topological polar surface area (TPSA) is 38.7 Å². The van der Waals surface area contributed by atoms with Gasteiger partial charge in [-0.05, 0) is 17.9 Å². The van der Waals surface area contributed by atoms with Crippen molar-refractivity contribution in [3.05, 3.63) is 29.8 Å². The largest absolute Gasteiger partial charge is 0.496 e. The Morgan fingerprint density at radius 3 is 2.29 bits per heavy atom. The van der Waals surface area contributed by atoms with E-state index in [2.05, 4.69) is 34.6 Å². The minimum atomic E-state index is -0.410. The van der Waals surface area contributed by atoms with Crippen LogP contribution in [-0.4, -0.2) is 24.9 Å². The summed E-state index contributed by atoms with van der Waals surface area (Å²) < 4.78 is 11.2. The van der Waals surface area contributed by atoms with Gasteiger partial charge in [0.25, 0.3) is 0 Å². The van der Waals surface area contributed by atoms with Crippen LogP contribution >= 0.6 is 0 Å². The lowest BCUT2D eigenvalue weighted by Crippen LogP contribution is -2.43. The standard InChI is InChI=1S/C18H30O3/c1-7-17(2,3)16(19)18(4,5)13-21-12-14-10-8-9-11-15(14)20-6/h8-11,16,19H,7,12-13H2,1-6H3. The maximum absolute atomic E-state index is 10.6. The summed E-state index contributed by atoms with van der Waals surface area (Å²) in [6, 6.07) is 7.85. The molecular weight excluding hydrogens is 264 g/mol. The van der Waals surface area contributed by atoms with E-state index in [1.807, 2.05) is 24.3 Å². The summed E-state index contributed by atoms with van der Waals surface area (Å²) >= 11 is 0. The van der Waals surface area contributed by atoms with Crippen molar-refractivity contribution in [3.63, 3.8) is 0 Å². The maximum Gasteiger partial charge on any atom is 0.124 e. The molecule has 120 valence electrons. The predicted molar refractivity (Wildman–Crippen MR) is 86.5 cm³/mol. The first kappa shape index (κ1) is 18.0. The molecule has 0 saturated heterocycles. The average molecular weight is 294 g/mol. The second kappa shape index (κ2) is 7.28. The van der Waals surface area contributed by atoms with Crippen molar-refractivity contribution in [1.82, 2.24) is 0 Å². The Balaban J connectivity index is 2.62. The number of hydrogen-bond donors (Lipinski definition) is 1. The van der Waals surface area contributed by atoms with Crippen LogP contribution in [0.15, 0.2) is 24.3 Å². The zero-order valence-electron chi connectivity index (χ0n) is 14.3. The van der Waals surface area contributed by atoms with Crippen LogP contribution in [0, 0.1) is 10.8 Å². The van der Waals surface area contributed by atoms with Crippen molar-refractivity contribution in [2.45, 2.75) is 53.8 Å². The molecule has 3 nitrogen and oxygen atoms in total. The van der Waals surface area contributed by atoms with Gasteiger partial charge in [0.15, 0.2) is 0 Å². The van der Waals surface area contributed by atoms with Crippen molar-refractivity contribution in [2.75, 3.05) is 13.7 Å². The third-order valence-electron chi connectivity index (χ3n) is 4.32. The molecular formula is C18H30O3. The minimum Gasteiger partial charge on any atom is -0.496 e. The fraction of sp³-hybridized carbons (Fsp3) is 0.667. The smallest absolute Gasteiger partial charge is 0.124 e. The van der Waals surface area contributed by atoms with Gasteiger partial charge >= 0.3 is 0 Å². The summed E-state index contributed by atoms with van der Waals surface area (Å²) in [5, 5.41) is 10.6. The Kier molecular flexibility index (Phi) is 6.24. The SMILES string of the molecule is CCC(C)(C)C(O)C(C)(C)COCc1ccccc1OC. The molecule has 0 heterocycles. The maximum atomic E-state index is 10.6. The van der Waals surface area contributed by atoms with Crippen molar-refractivity contribution < 1.29 is 14.6 Å². The average Bonchev–Trinajstić information content (AvgIpc) is 2.46. The van der Waals surface area contributed by atoms with Gasteiger partial charge in [-0.2, -0.15) is 0 Å². The van der Waals surface area contributed by atoms with Gasteiger partial charge in [-0.3, -0.25) is 0 Å². The highest BCUT2D eigenvalue weighted by Gasteiger charge is 2.38. The van der Waals surface area contributed by atoms with Crippen molar-refractivity contribution in [1.29, 1.82) is 0 Å². The number of benzene rings is 1. The van der Waals surface area contributed by atoms with Crippen molar-refractivity contribution in [3.8, 4) is 5.75 Å². The molecule has 0 radical (unpaired) electrons. The van der Waals surface area contributed by atoms with E-state index in [4.69, 9.17) is 9.47 Å². The predicted octanol–water partition coefficient (Wildman–Crippen LogP) is 4.04. The van der Waals surface area contributed by atoms with Crippen LogP contribution in [0.3, 0.4) is 0 Å². The third kappa shape index (κ3) is 4.72. The number of ether oxygens (including phenoxy) is 2. The molecule has 0 aliphatic heterocycles. The second-order valence-corrected chi connectivity index (χ2v) is 7.04. The molecule has 1 rings (SSSR count). The number of methoxy groups -OCH3 is 1. The van der Waals surface area contributed by atoms with E-state index < -0.39 is 6.10 Å². The molecule has 1 aromatic carbocycles. The molecule has 0 fully saturated rings. The zero-order chi connectivity index (χ0) is 16.1. The molecule has 0 aliphatic rings. The number of aliphatic hydroxyl groups is 1. The van der Waals surface area contributed by atoms with Crippen LogP contribution in [0.2, 0.25) is 0 Å². The van der Waals surface area contributed by atoms with Gasteiger partial charge in [-0.15, -0.1) is 0 Å². The van der Waals surface area contributed by atoms with E-state index in [1.165, 1.54) is 0 Å². The van der Waals surface area contributed by atoms with Crippen molar-refractivity contribution >= 4 is 0 Å². The van der Waals surface area contributed by atoms with E-state index in [-0.39, 0.29) is 10.8 Å². The molecule has 0 aromatic heterocycles. The molecule has 1 unspecified atom stereocenters. The Bertz CT molecular complexity index is 438. The first-order valence-corrected chi connectivity index (χ1v) is 7.62. The molecule has 1 atom stereocenters. The van der Waals surface area contributed by atoms with Crippen LogP contribution in [0.1, 0.15) is 46.6 Å². The fourth-order valence-electron chi connectivity index (χ4n) is 2.58. The highest BCUT2D eigenvalue weighted by Crippen LogP contribution is 2.36. The summed E-state index contributed by atoms with van der Waals surface area (Å²) in [7, 11) is 1.66. The number of hydrogen-bond acceptors (Lipinski definition) is 3. The summed E-state index contributed by atoms with van der Waals surface area (Å²) in [4.78, 5) is 0. The van der Waals surface area contributed by atoms with Gasteiger partial charge in [0.05, 0.1) is 26.4 Å². The Morgan fingerprint density at radius 1 is 1.10 bits per heavy atom. The van der Waals surface area contributed by atoms with Crippen molar-refractivity contribution in [2.24, 2.45) is 10.8 Å². The Hall–Kier alpha value is -1.06. The van der Waals surface area contributed by atoms with E-state index in [0.717, 1.165) is 17.7 Å². The molecule has 3 heteroatoms. The van der Waals surface area contributed by atoms with E-state index in [9.17, 15) is 5.11 Å². The lowest BCUT2D eigenvalue weighted by molar-refractivity contribution is -0.0842. The molecule has 0 bridgehead atoms. The van der Waals surface area contributed by atoms with Crippen LogP contribution in [0.25, 0.3) is 0 Å². The van der Waals surface area contributed by atoms with Crippen LogP contribution in [0.5, 0.6) is 5.75 Å². The third-order valence-corrected chi connectivity index (χ3v) is 4.32. The van der Waals surface area contributed by atoms with E-state index >= 15 is 0 Å². The van der Waals surface area contributed by atoms with Gasteiger partial charge in [-0.1, -0.05) is 52.8 Å². The first-order valence-electron chi connectivity index (χ1n) is 7.62. The quantitative estimate of drug-likeness (QED) is 0.786. The summed E-state index contributed by atoms with van der Waals surface area (Å²) in [5.41, 5.74) is 0.624. The summed E-state index contributed by atoms with van der Waals surface area (Å²) in [5.74, 6) is 0.838. The van der Waals surface area contributed by atoms with Crippen LogP contribution < -0.4 is 4.74 Å². The fourth-order valence-corrected chi connectivity index (χ4v) is 2.58. The lowest BCUT2D eigenvalue weighted by atomic mass is 9.71. The molecule has 0 spiro atoms. The molecule has 0 aliphatic carbocycles. The van der Waals surface area contributed by atoms with Crippen LogP contribution in [0.4, 0.5) is 0 Å².